The Morgan fingerprint density at radius 1 is 1.24 bits per heavy atom. The summed E-state index contributed by atoms with van der Waals surface area (Å²) in [5.41, 5.74) is -0.174. The molecule has 21 heavy (non-hydrogen) atoms. The minimum absolute atomic E-state index is 0.226. The third kappa shape index (κ3) is 5.81. The Bertz CT molecular complexity index is 489. The van der Waals surface area contributed by atoms with Crippen LogP contribution < -0.4 is 5.32 Å². The van der Waals surface area contributed by atoms with Gasteiger partial charge in [0.05, 0.1) is 4.92 Å². The maximum Gasteiger partial charge on any atom is 0.310 e. The zero-order chi connectivity index (χ0) is 15.7. The molecular weight excluding hydrogens is 272 g/mol. The van der Waals surface area contributed by atoms with Gasteiger partial charge < -0.3 is 10.4 Å². The number of carbonyl (C=O) groups is 1. The third-order valence-corrected chi connectivity index (χ3v) is 3.25. The molecule has 0 aliphatic heterocycles. The smallest absolute Gasteiger partial charge is 0.310 e. The molecule has 0 bridgehead atoms. The molecule has 2 N–H and O–H groups in total. The number of benzene rings is 1. The Hall–Kier alpha value is -2.11. The number of aromatic hydroxyl groups is 1. The Kier molecular flexibility index (Phi) is 7.21. The highest BCUT2D eigenvalue weighted by Crippen LogP contribution is 2.26. The highest BCUT2D eigenvalue weighted by molar-refractivity contribution is 5.95. The molecule has 0 atom stereocenters. The molecule has 0 aromatic heterocycles. The summed E-state index contributed by atoms with van der Waals surface area (Å²) in [7, 11) is 0. The number of carbonyl (C=O) groups excluding carboxylic acids is 1. The number of phenols is 1. The Balaban J connectivity index is 2.35. The number of nitrogens with one attached hydrogen (secondary N) is 1. The predicted octanol–water partition coefficient (Wildman–Crippen LogP) is 3.39. The number of unbranched alkanes of at least 4 members (excludes halogenated alkanes) is 5. The molecule has 0 aliphatic carbocycles. The van der Waals surface area contributed by atoms with E-state index >= 15 is 0 Å². The van der Waals surface area contributed by atoms with Crippen LogP contribution in [0.4, 0.5) is 5.69 Å². The third-order valence-electron chi connectivity index (χ3n) is 3.25. The van der Waals surface area contributed by atoms with Gasteiger partial charge in [0.1, 0.15) is 0 Å². The normalized spacial score (nSPS) is 10.3. The van der Waals surface area contributed by atoms with Gasteiger partial charge in [-0.2, -0.15) is 0 Å². The molecule has 0 heterocycles. The fourth-order valence-electron chi connectivity index (χ4n) is 2.03. The molecule has 6 nitrogen and oxygen atoms in total. The quantitative estimate of drug-likeness (QED) is 0.415. The van der Waals surface area contributed by atoms with E-state index in [0.29, 0.717) is 6.54 Å². The molecule has 116 valence electrons. The van der Waals surface area contributed by atoms with Gasteiger partial charge >= 0.3 is 5.69 Å². The number of nitro benzene ring substituents is 1. The van der Waals surface area contributed by atoms with Gasteiger partial charge in [-0.15, -0.1) is 0 Å². The van der Waals surface area contributed by atoms with Crippen molar-refractivity contribution in [3.05, 3.63) is 33.9 Å². The molecule has 0 radical (unpaired) electrons. The first-order chi connectivity index (χ1) is 10.1. The lowest BCUT2D eigenvalue weighted by Gasteiger charge is -2.06. The molecule has 6 heteroatoms. The number of hydrogen-bond acceptors (Lipinski definition) is 4. The van der Waals surface area contributed by atoms with Crippen molar-refractivity contribution in [2.24, 2.45) is 0 Å². The summed E-state index contributed by atoms with van der Waals surface area (Å²) >= 11 is 0. The second-order valence-corrected chi connectivity index (χ2v) is 4.98. The Morgan fingerprint density at radius 2 is 1.90 bits per heavy atom. The van der Waals surface area contributed by atoms with Crippen LogP contribution in [-0.4, -0.2) is 22.5 Å². The number of nitrogens with zero attached hydrogens (tertiary/aromatic N) is 1. The number of nitro groups is 1. The van der Waals surface area contributed by atoms with E-state index in [1.807, 2.05) is 0 Å². The topological polar surface area (TPSA) is 92.5 Å². The van der Waals surface area contributed by atoms with Gasteiger partial charge in [0.15, 0.2) is 5.75 Å². The van der Waals surface area contributed by atoms with Crippen LogP contribution in [0.25, 0.3) is 0 Å². The van der Waals surface area contributed by atoms with Crippen molar-refractivity contribution >= 4 is 11.6 Å². The summed E-state index contributed by atoms with van der Waals surface area (Å²) in [4.78, 5) is 21.7. The van der Waals surface area contributed by atoms with E-state index in [9.17, 15) is 20.0 Å². The molecule has 1 aromatic carbocycles. The van der Waals surface area contributed by atoms with Gasteiger partial charge in [-0.05, 0) is 18.6 Å². The molecule has 1 aromatic rings. The standard InChI is InChI=1S/C15H22N2O4/c1-2-3-4-5-6-7-10-16-15(19)12-8-9-13(17(20)21)14(18)11-12/h8-9,11,18H,2-7,10H2,1H3,(H,16,19). The summed E-state index contributed by atoms with van der Waals surface area (Å²) in [5.74, 6) is -0.819. The Morgan fingerprint density at radius 3 is 2.52 bits per heavy atom. The summed E-state index contributed by atoms with van der Waals surface area (Å²) in [5, 5.41) is 22.8. The van der Waals surface area contributed by atoms with Gasteiger partial charge in [0, 0.05) is 18.2 Å². The molecular formula is C15H22N2O4. The second kappa shape index (κ2) is 8.94. The Labute approximate surface area is 124 Å². The van der Waals surface area contributed by atoms with E-state index in [1.165, 1.54) is 31.7 Å². The number of amides is 1. The average molecular weight is 294 g/mol. The van der Waals surface area contributed by atoms with Crippen LogP contribution in [0.1, 0.15) is 55.8 Å². The molecule has 0 spiro atoms. The van der Waals surface area contributed by atoms with Crippen LogP contribution in [0.2, 0.25) is 0 Å². The number of rotatable bonds is 9. The molecule has 0 unspecified atom stereocenters. The molecule has 0 aliphatic rings. The number of hydrogen-bond donors (Lipinski definition) is 2. The molecule has 0 saturated heterocycles. The second-order valence-electron chi connectivity index (χ2n) is 4.98. The lowest BCUT2D eigenvalue weighted by molar-refractivity contribution is -0.385. The van der Waals surface area contributed by atoms with Crippen LogP contribution in [0, 0.1) is 10.1 Å². The van der Waals surface area contributed by atoms with Crippen LogP contribution in [0.3, 0.4) is 0 Å². The van der Waals surface area contributed by atoms with Gasteiger partial charge in [0.25, 0.3) is 5.91 Å². The van der Waals surface area contributed by atoms with E-state index in [2.05, 4.69) is 12.2 Å². The minimum atomic E-state index is -0.687. The van der Waals surface area contributed by atoms with E-state index in [-0.39, 0.29) is 11.5 Å². The van der Waals surface area contributed by atoms with Gasteiger partial charge in [-0.3, -0.25) is 14.9 Å². The van der Waals surface area contributed by atoms with Crippen molar-refractivity contribution in [3.63, 3.8) is 0 Å². The van der Waals surface area contributed by atoms with E-state index in [1.54, 1.807) is 0 Å². The monoisotopic (exact) mass is 294 g/mol. The van der Waals surface area contributed by atoms with Crippen molar-refractivity contribution in [2.45, 2.75) is 45.4 Å². The van der Waals surface area contributed by atoms with Crippen molar-refractivity contribution in [3.8, 4) is 5.75 Å². The summed E-state index contributed by atoms with van der Waals surface area (Å²) in [6, 6.07) is 3.60. The summed E-state index contributed by atoms with van der Waals surface area (Å²) in [6.07, 6.45) is 6.83. The minimum Gasteiger partial charge on any atom is -0.502 e. The van der Waals surface area contributed by atoms with Crippen LogP contribution in [0.15, 0.2) is 18.2 Å². The average Bonchev–Trinajstić information content (AvgIpc) is 2.45. The first-order valence-corrected chi connectivity index (χ1v) is 7.32. The first kappa shape index (κ1) is 16.9. The van der Waals surface area contributed by atoms with Crippen LogP contribution in [-0.2, 0) is 0 Å². The van der Waals surface area contributed by atoms with Crippen molar-refractivity contribution < 1.29 is 14.8 Å². The van der Waals surface area contributed by atoms with Crippen molar-refractivity contribution in [1.82, 2.24) is 5.32 Å². The van der Waals surface area contributed by atoms with E-state index < -0.39 is 16.4 Å². The molecule has 0 saturated carbocycles. The van der Waals surface area contributed by atoms with Crippen LogP contribution in [0.5, 0.6) is 5.75 Å². The maximum atomic E-state index is 11.8. The summed E-state index contributed by atoms with van der Waals surface area (Å²) in [6.45, 7) is 2.74. The first-order valence-electron chi connectivity index (χ1n) is 7.32. The fourth-order valence-corrected chi connectivity index (χ4v) is 2.03. The number of phenolic OH excluding ortho intramolecular Hbond substituents is 1. The summed E-state index contributed by atoms with van der Waals surface area (Å²) < 4.78 is 0. The van der Waals surface area contributed by atoms with E-state index in [4.69, 9.17) is 0 Å². The largest absolute Gasteiger partial charge is 0.502 e. The lowest BCUT2D eigenvalue weighted by Crippen LogP contribution is -2.24. The lowest BCUT2D eigenvalue weighted by atomic mass is 10.1. The van der Waals surface area contributed by atoms with Crippen LogP contribution >= 0.6 is 0 Å². The van der Waals surface area contributed by atoms with Gasteiger partial charge in [0.2, 0.25) is 0 Å². The van der Waals surface area contributed by atoms with Crippen molar-refractivity contribution in [2.75, 3.05) is 6.54 Å². The zero-order valence-corrected chi connectivity index (χ0v) is 12.3. The zero-order valence-electron chi connectivity index (χ0n) is 12.3. The fraction of sp³-hybridized carbons (Fsp3) is 0.533. The SMILES string of the molecule is CCCCCCCCNC(=O)c1ccc([N+](=O)[O-])c(O)c1. The molecule has 1 rings (SSSR count). The molecule has 0 fully saturated rings. The van der Waals surface area contributed by atoms with Gasteiger partial charge in [-0.1, -0.05) is 39.0 Å². The van der Waals surface area contributed by atoms with E-state index in [0.717, 1.165) is 25.0 Å². The van der Waals surface area contributed by atoms with Crippen molar-refractivity contribution in [1.29, 1.82) is 0 Å². The predicted molar refractivity (Wildman–Crippen MR) is 80.5 cm³/mol. The maximum absolute atomic E-state index is 11.8. The highest BCUT2D eigenvalue weighted by atomic mass is 16.6. The molecule has 1 amide bonds. The highest BCUT2D eigenvalue weighted by Gasteiger charge is 2.15. The van der Waals surface area contributed by atoms with Gasteiger partial charge in [-0.25, -0.2) is 0 Å².